The molecule has 1 N–H and O–H groups in total. The fraction of sp³-hybridized carbons (Fsp3) is 0.200. The summed E-state index contributed by atoms with van der Waals surface area (Å²) < 4.78 is 0. The summed E-state index contributed by atoms with van der Waals surface area (Å²) in [4.78, 5) is 15.2. The van der Waals surface area contributed by atoms with E-state index in [-0.39, 0.29) is 0 Å². The summed E-state index contributed by atoms with van der Waals surface area (Å²) in [7, 11) is 0. The Bertz CT molecular complexity index is 455. The van der Waals surface area contributed by atoms with Gasteiger partial charge in [-0.05, 0) is 36.1 Å². The fourth-order valence-corrected chi connectivity index (χ4v) is 1.95. The highest BCUT2D eigenvalue weighted by Crippen LogP contribution is 2.14. The van der Waals surface area contributed by atoms with Crippen molar-refractivity contribution in [3.8, 4) is 0 Å². The number of aliphatic carboxylic acids is 1. The molecule has 0 aliphatic rings. The minimum absolute atomic E-state index is 0.394. The highest BCUT2D eigenvalue weighted by Gasteiger charge is 2.18. The Labute approximate surface area is 106 Å². The molecule has 0 bridgehead atoms. The molecule has 0 aliphatic carbocycles. The summed E-state index contributed by atoms with van der Waals surface area (Å²) in [6.07, 6.45) is 4.47. The second kappa shape index (κ2) is 5.96. The van der Waals surface area contributed by atoms with Crippen LogP contribution in [0, 0.1) is 5.92 Å². The molecule has 1 aromatic heterocycles. The Hall–Kier alpha value is -2.16. The van der Waals surface area contributed by atoms with Gasteiger partial charge in [0.05, 0.1) is 5.92 Å². The number of carboxylic acids is 1. The highest BCUT2D eigenvalue weighted by atomic mass is 16.4. The molecule has 3 heteroatoms. The highest BCUT2D eigenvalue weighted by molar-refractivity contribution is 5.70. The van der Waals surface area contributed by atoms with E-state index in [0.717, 1.165) is 11.1 Å². The average Bonchev–Trinajstić information content (AvgIpc) is 2.40. The van der Waals surface area contributed by atoms with Crippen molar-refractivity contribution < 1.29 is 9.90 Å². The van der Waals surface area contributed by atoms with E-state index >= 15 is 0 Å². The van der Waals surface area contributed by atoms with Gasteiger partial charge in [0.2, 0.25) is 0 Å². The van der Waals surface area contributed by atoms with Crippen LogP contribution in [0.4, 0.5) is 0 Å². The first kappa shape index (κ1) is 12.3. The van der Waals surface area contributed by atoms with Gasteiger partial charge in [-0.3, -0.25) is 9.78 Å². The van der Waals surface area contributed by atoms with Crippen LogP contribution in [0.2, 0.25) is 0 Å². The molecular weight excluding hydrogens is 226 g/mol. The molecule has 1 aromatic carbocycles. The van der Waals surface area contributed by atoms with Gasteiger partial charge in [0.1, 0.15) is 0 Å². The quantitative estimate of drug-likeness (QED) is 0.875. The first-order valence-electron chi connectivity index (χ1n) is 5.91. The number of pyridine rings is 1. The van der Waals surface area contributed by atoms with Crippen LogP contribution in [0.25, 0.3) is 0 Å². The van der Waals surface area contributed by atoms with Gasteiger partial charge < -0.3 is 5.11 Å². The Morgan fingerprint density at radius 3 is 2.11 bits per heavy atom. The standard InChI is InChI=1S/C15H15NO2/c17-15(18)14(10-12-4-2-1-3-5-12)11-13-6-8-16-9-7-13/h1-9,14H,10-11H2,(H,17,18). The van der Waals surface area contributed by atoms with E-state index in [4.69, 9.17) is 0 Å². The molecule has 2 aromatic rings. The molecule has 0 amide bonds. The second-order valence-corrected chi connectivity index (χ2v) is 4.28. The maximum Gasteiger partial charge on any atom is 0.307 e. The maximum absolute atomic E-state index is 11.3. The van der Waals surface area contributed by atoms with E-state index in [2.05, 4.69) is 4.98 Å². The van der Waals surface area contributed by atoms with Gasteiger partial charge in [0.25, 0.3) is 0 Å². The van der Waals surface area contributed by atoms with Gasteiger partial charge in [-0.1, -0.05) is 30.3 Å². The molecule has 0 aliphatic heterocycles. The molecule has 0 fully saturated rings. The Kier molecular flexibility index (Phi) is 4.07. The predicted octanol–water partition coefficient (Wildman–Crippen LogP) is 2.57. The Morgan fingerprint density at radius 1 is 1.00 bits per heavy atom. The summed E-state index contributed by atoms with van der Waals surface area (Å²) in [5.74, 6) is -1.15. The lowest BCUT2D eigenvalue weighted by Gasteiger charge is -2.12. The molecule has 3 nitrogen and oxygen atoms in total. The zero-order valence-corrected chi connectivity index (χ0v) is 9.99. The molecule has 1 heterocycles. The lowest BCUT2D eigenvalue weighted by molar-refractivity contribution is -0.141. The Morgan fingerprint density at radius 2 is 1.56 bits per heavy atom. The van der Waals surface area contributed by atoms with E-state index in [1.54, 1.807) is 12.4 Å². The van der Waals surface area contributed by atoms with E-state index in [0.29, 0.717) is 12.8 Å². The van der Waals surface area contributed by atoms with Crippen molar-refractivity contribution in [3.05, 3.63) is 66.0 Å². The third kappa shape index (κ3) is 3.42. The molecule has 1 atom stereocenters. The largest absolute Gasteiger partial charge is 0.481 e. The second-order valence-electron chi connectivity index (χ2n) is 4.28. The van der Waals surface area contributed by atoms with Crippen molar-refractivity contribution in [1.29, 1.82) is 0 Å². The van der Waals surface area contributed by atoms with Crippen LogP contribution in [0.5, 0.6) is 0 Å². The van der Waals surface area contributed by atoms with Gasteiger partial charge in [-0.25, -0.2) is 0 Å². The van der Waals surface area contributed by atoms with E-state index in [1.807, 2.05) is 42.5 Å². The SMILES string of the molecule is O=C(O)C(Cc1ccccc1)Cc1ccncc1. The smallest absolute Gasteiger partial charge is 0.307 e. The fourth-order valence-electron chi connectivity index (χ4n) is 1.95. The summed E-state index contributed by atoms with van der Waals surface area (Å²) in [6.45, 7) is 0. The number of rotatable bonds is 5. The predicted molar refractivity (Wildman–Crippen MR) is 69.2 cm³/mol. The maximum atomic E-state index is 11.3. The van der Waals surface area contributed by atoms with Crippen LogP contribution in [-0.2, 0) is 17.6 Å². The molecule has 2 rings (SSSR count). The number of nitrogens with zero attached hydrogens (tertiary/aromatic N) is 1. The van der Waals surface area contributed by atoms with Crippen molar-refractivity contribution in [1.82, 2.24) is 4.98 Å². The molecular formula is C15H15NO2. The molecule has 92 valence electrons. The Balaban J connectivity index is 2.08. The lowest BCUT2D eigenvalue weighted by atomic mass is 9.93. The third-order valence-corrected chi connectivity index (χ3v) is 2.91. The van der Waals surface area contributed by atoms with Crippen molar-refractivity contribution in [3.63, 3.8) is 0 Å². The van der Waals surface area contributed by atoms with Gasteiger partial charge >= 0.3 is 5.97 Å². The molecule has 0 radical (unpaired) electrons. The lowest BCUT2D eigenvalue weighted by Crippen LogP contribution is -2.19. The van der Waals surface area contributed by atoms with Crippen LogP contribution in [0.15, 0.2) is 54.9 Å². The minimum atomic E-state index is -0.754. The zero-order valence-electron chi connectivity index (χ0n) is 9.99. The van der Waals surface area contributed by atoms with Crippen LogP contribution in [0.3, 0.4) is 0 Å². The first-order valence-corrected chi connectivity index (χ1v) is 5.91. The van der Waals surface area contributed by atoms with Gasteiger partial charge in [0.15, 0.2) is 0 Å². The van der Waals surface area contributed by atoms with E-state index in [1.165, 1.54) is 0 Å². The van der Waals surface area contributed by atoms with E-state index in [9.17, 15) is 9.90 Å². The average molecular weight is 241 g/mol. The molecule has 0 saturated carbocycles. The van der Waals surface area contributed by atoms with Crippen LogP contribution in [-0.4, -0.2) is 16.1 Å². The summed E-state index contributed by atoms with van der Waals surface area (Å²) in [5.41, 5.74) is 2.06. The first-order chi connectivity index (χ1) is 8.75. The zero-order chi connectivity index (χ0) is 12.8. The molecule has 18 heavy (non-hydrogen) atoms. The normalized spacial score (nSPS) is 12.0. The van der Waals surface area contributed by atoms with Crippen molar-refractivity contribution in [2.45, 2.75) is 12.8 Å². The minimum Gasteiger partial charge on any atom is -0.481 e. The van der Waals surface area contributed by atoms with Crippen molar-refractivity contribution in [2.24, 2.45) is 5.92 Å². The molecule has 0 saturated heterocycles. The van der Waals surface area contributed by atoms with Gasteiger partial charge in [0, 0.05) is 12.4 Å². The number of carboxylic acid groups (broad SMARTS) is 1. The third-order valence-electron chi connectivity index (χ3n) is 2.91. The summed E-state index contributed by atoms with van der Waals surface area (Å²) >= 11 is 0. The number of hydrogen-bond acceptors (Lipinski definition) is 2. The summed E-state index contributed by atoms with van der Waals surface area (Å²) in [6, 6.07) is 13.4. The van der Waals surface area contributed by atoms with Crippen LogP contribution < -0.4 is 0 Å². The van der Waals surface area contributed by atoms with Crippen LogP contribution in [0.1, 0.15) is 11.1 Å². The van der Waals surface area contributed by atoms with E-state index < -0.39 is 11.9 Å². The number of carbonyl (C=O) groups is 1. The monoisotopic (exact) mass is 241 g/mol. The number of benzene rings is 1. The van der Waals surface area contributed by atoms with Crippen LogP contribution >= 0.6 is 0 Å². The van der Waals surface area contributed by atoms with Gasteiger partial charge in [-0.2, -0.15) is 0 Å². The molecule has 1 unspecified atom stereocenters. The van der Waals surface area contributed by atoms with Gasteiger partial charge in [-0.15, -0.1) is 0 Å². The topological polar surface area (TPSA) is 50.2 Å². The number of aromatic nitrogens is 1. The summed E-state index contributed by atoms with van der Waals surface area (Å²) in [5, 5.41) is 9.28. The van der Waals surface area contributed by atoms with Crippen molar-refractivity contribution >= 4 is 5.97 Å². The molecule has 0 spiro atoms. The number of hydrogen-bond donors (Lipinski definition) is 1. The van der Waals surface area contributed by atoms with Crippen molar-refractivity contribution in [2.75, 3.05) is 0 Å².